The first-order valence-electron chi connectivity index (χ1n) is 8.60. The number of benzene rings is 2. The summed E-state index contributed by atoms with van der Waals surface area (Å²) in [6.07, 6.45) is 0.472. The van der Waals surface area contributed by atoms with Crippen LogP contribution in [0.3, 0.4) is 0 Å². The van der Waals surface area contributed by atoms with Crippen molar-refractivity contribution in [3.8, 4) is 0 Å². The van der Waals surface area contributed by atoms with E-state index in [0.717, 1.165) is 0 Å². The van der Waals surface area contributed by atoms with Crippen LogP contribution >= 0.6 is 0 Å². The number of hydrogen-bond donors (Lipinski definition) is 2. The van der Waals surface area contributed by atoms with Crippen molar-refractivity contribution in [1.29, 1.82) is 0 Å². The first-order valence-corrected chi connectivity index (χ1v) is 8.60. The van der Waals surface area contributed by atoms with Gasteiger partial charge in [0.15, 0.2) is 5.78 Å². The molecule has 0 aromatic heterocycles. The average molecular weight is 353 g/mol. The second-order valence-corrected chi connectivity index (χ2v) is 6.62. The Balaban J connectivity index is 2.17. The van der Waals surface area contributed by atoms with E-state index in [9.17, 15) is 19.5 Å². The van der Waals surface area contributed by atoms with Crippen LogP contribution < -0.4 is 5.32 Å². The first-order chi connectivity index (χ1) is 12.4. The largest absolute Gasteiger partial charge is 0.481 e. The molecule has 0 aliphatic carbocycles. The van der Waals surface area contributed by atoms with Crippen molar-refractivity contribution in [2.24, 2.45) is 11.8 Å². The highest BCUT2D eigenvalue weighted by Gasteiger charge is 2.22. The van der Waals surface area contributed by atoms with E-state index in [-0.39, 0.29) is 23.8 Å². The molecule has 5 heteroatoms. The molecule has 2 rings (SSSR count). The molecule has 0 bridgehead atoms. The molecule has 26 heavy (non-hydrogen) atoms. The van der Waals surface area contributed by atoms with Gasteiger partial charge in [-0.25, -0.2) is 0 Å². The quantitative estimate of drug-likeness (QED) is 0.713. The lowest BCUT2D eigenvalue weighted by Gasteiger charge is -2.16. The van der Waals surface area contributed by atoms with E-state index in [0.29, 0.717) is 17.5 Å². The van der Waals surface area contributed by atoms with Gasteiger partial charge in [0.25, 0.3) is 5.91 Å². The number of carboxylic acids is 1. The van der Waals surface area contributed by atoms with Crippen LogP contribution in [0.2, 0.25) is 0 Å². The number of carbonyl (C=O) groups is 3. The van der Waals surface area contributed by atoms with Crippen molar-refractivity contribution in [1.82, 2.24) is 5.32 Å². The molecule has 0 saturated heterocycles. The van der Waals surface area contributed by atoms with Gasteiger partial charge < -0.3 is 10.4 Å². The van der Waals surface area contributed by atoms with Crippen molar-refractivity contribution in [2.75, 3.05) is 6.54 Å². The third kappa shape index (κ3) is 5.02. The van der Waals surface area contributed by atoms with E-state index in [1.54, 1.807) is 48.5 Å². The van der Waals surface area contributed by atoms with Crippen molar-refractivity contribution >= 4 is 17.7 Å². The zero-order valence-electron chi connectivity index (χ0n) is 14.9. The number of hydrogen-bond acceptors (Lipinski definition) is 3. The fraction of sp³-hybridized carbons (Fsp3) is 0.286. The molecule has 0 fully saturated rings. The Morgan fingerprint density at radius 1 is 0.923 bits per heavy atom. The molecule has 136 valence electrons. The Bertz CT molecular complexity index is 784. The monoisotopic (exact) mass is 353 g/mol. The van der Waals surface area contributed by atoms with Gasteiger partial charge in [0.2, 0.25) is 0 Å². The molecular weight excluding hydrogens is 330 g/mol. The SMILES string of the molecule is CC(C)CC(CNC(=O)c1ccccc1C(=O)c1ccccc1)C(=O)O. The van der Waals surface area contributed by atoms with Gasteiger partial charge in [0.05, 0.1) is 11.5 Å². The maximum absolute atomic E-state index is 12.7. The molecule has 0 radical (unpaired) electrons. The number of rotatable bonds is 8. The third-order valence-electron chi connectivity index (χ3n) is 4.07. The number of ketones is 1. The van der Waals surface area contributed by atoms with E-state index in [1.165, 1.54) is 0 Å². The van der Waals surface area contributed by atoms with Gasteiger partial charge >= 0.3 is 5.97 Å². The van der Waals surface area contributed by atoms with Crippen LogP contribution in [0.15, 0.2) is 54.6 Å². The minimum Gasteiger partial charge on any atom is -0.481 e. The fourth-order valence-corrected chi connectivity index (χ4v) is 2.78. The number of aliphatic carboxylic acids is 1. The molecule has 5 nitrogen and oxygen atoms in total. The smallest absolute Gasteiger partial charge is 0.308 e. The van der Waals surface area contributed by atoms with Crippen LogP contribution in [0.25, 0.3) is 0 Å². The molecule has 1 unspecified atom stereocenters. The number of carbonyl (C=O) groups excluding carboxylic acids is 2. The van der Waals surface area contributed by atoms with Gasteiger partial charge in [-0.3, -0.25) is 14.4 Å². The maximum Gasteiger partial charge on any atom is 0.308 e. The van der Waals surface area contributed by atoms with Crippen LogP contribution in [-0.2, 0) is 4.79 Å². The van der Waals surface area contributed by atoms with Crippen LogP contribution in [0.1, 0.15) is 46.5 Å². The minimum absolute atomic E-state index is 0.0280. The lowest BCUT2D eigenvalue weighted by Crippen LogP contribution is -2.34. The van der Waals surface area contributed by atoms with Crippen LogP contribution in [0.4, 0.5) is 0 Å². The Morgan fingerprint density at radius 2 is 1.50 bits per heavy atom. The summed E-state index contributed by atoms with van der Waals surface area (Å²) < 4.78 is 0. The Morgan fingerprint density at radius 3 is 2.08 bits per heavy atom. The number of amides is 1. The Hall–Kier alpha value is -2.95. The van der Waals surface area contributed by atoms with E-state index >= 15 is 0 Å². The zero-order valence-corrected chi connectivity index (χ0v) is 14.9. The van der Waals surface area contributed by atoms with Crippen molar-refractivity contribution in [2.45, 2.75) is 20.3 Å². The van der Waals surface area contributed by atoms with E-state index in [4.69, 9.17) is 0 Å². The summed E-state index contributed by atoms with van der Waals surface area (Å²) in [5.41, 5.74) is 1.04. The summed E-state index contributed by atoms with van der Waals surface area (Å²) in [6, 6.07) is 15.3. The Labute approximate surface area is 153 Å². The molecule has 2 N–H and O–H groups in total. The maximum atomic E-state index is 12.7. The summed E-state index contributed by atoms with van der Waals surface area (Å²) in [6.45, 7) is 3.90. The highest BCUT2D eigenvalue weighted by Crippen LogP contribution is 2.16. The highest BCUT2D eigenvalue weighted by atomic mass is 16.4. The lowest BCUT2D eigenvalue weighted by molar-refractivity contribution is -0.142. The van der Waals surface area contributed by atoms with Crippen LogP contribution in [0.5, 0.6) is 0 Å². The zero-order chi connectivity index (χ0) is 19.1. The summed E-state index contributed by atoms with van der Waals surface area (Å²) in [4.78, 5) is 36.6. The summed E-state index contributed by atoms with van der Waals surface area (Å²) in [5.74, 6) is -2.07. The molecule has 1 amide bonds. The molecule has 2 aromatic rings. The number of nitrogens with one attached hydrogen (secondary N) is 1. The van der Waals surface area contributed by atoms with Gasteiger partial charge in [0.1, 0.15) is 0 Å². The molecule has 0 saturated carbocycles. The van der Waals surface area contributed by atoms with Gasteiger partial charge in [-0.05, 0) is 18.4 Å². The molecule has 0 heterocycles. The summed E-state index contributed by atoms with van der Waals surface area (Å²) in [7, 11) is 0. The van der Waals surface area contributed by atoms with Crippen molar-refractivity contribution in [3.63, 3.8) is 0 Å². The molecule has 0 spiro atoms. The Kier molecular flexibility index (Phi) is 6.67. The molecule has 0 aliphatic rings. The van der Waals surface area contributed by atoms with Gasteiger partial charge in [-0.1, -0.05) is 62.4 Å². The van der Waals surface area contributed by atoms with Crippen molar-refractivity contribution in [3.05, 3.63) is 71.3 Å². The van der Waals surface area contributed by atoms with Crippen molar-refractivity contribution < 1.29 is 19.5 Å². The van der Waals surface area contributed by atoms with Crippen LogP contribution in [0, 0.1) is 11.8 Å². The second kappa shape index (κ2) is 8.94. The minimum atomic E-state index is -0.937. The highest BCUT2D eigenvalue weighted by molar-refractivity contribution is 6.15. The van der Waals surface area contributed by atoms with E-state index in [2.05, 4.69) is 5.32 Å². The van der Waals surface area contributed by atoms with E-state index < -0.39 is 17.8 Å². The van der Waals surface area contributed by atoms with Gasteiger partial charge in [-0.2, -0.15) is 0 Å². The predicted molar refractivity (Wildman–Crippen MR) is 99.2 cm³/mol. The first kappa shape index (κ1) is 19.4. The molecule has 2 aromatic carbocycles. The number of carboxylic acid groups (broad SMARTS) is 1. The fourth-order valence-electron chi connectivity index (χ4n) is 2.78. The van der Waals surface area contributed by atoms with E-state index in [1.807, 2.05) is 19.9 Å². The topological polar surface area (TPSA) is 83.5 Å². The third-order valence-corrected chi connectivity index (χ3v) is 4.07. The van der Waals surface area contributed by atoms with Gasteiger partial charge in [-0.15, -0.1) is 0 Å². The molecule has 0 aliphatic heterocycles. The van der Waals surface area contributed by atoms with Crippen LogP contribution in [-0.4, -0.2) is 29.3 Å². The second-order valence-electron chi connectivity index (χ2n) is 6.62. The predicted octanol–water partition coefficient (Wildman–Crippen LogP) is 3.39. The molecular formula is C21H23NO4. The normalized spacial score (nSPS) is 11.8. The lowest BCUT2D eigenvalue weighted by atomic mass is 9.96. The molecule has 1 atom stereocenters. The summed E-state index contributed by atoms with van der Waals surface area (Å²) >= 11 is 0. The average Bonchev–Trinajstić information content (AvgIpc) is 2.64. The van der Waals surface area contributed by atoms with Gasteiger partial charge in [0, 0.05) is 17.7 Å². The summed E-state index contributed by atoms with van der Waals surface area (Å²) in [5, 5.41) is 12.0. The standard InChI is InChI=1S/C21H23NO4/c1-14(2)12-16(21(25)26)13-22-20(24)18-11-7-6-10-17(18)19(23)15-8-4-3-5-9-15/h3-11,14,16H,12-13H2,1-2H3,(H,22,24)(H,25,26).